The van der Waals surface area contributed by atoms with E-state index in [1.807, 2.05) is 12.1 Å². The zero-order valence-electron chi connectivity index (χ0n) is 18.6. The van der Waals surface area contributed by atoms with Crippen LogP contribution in [0.5, 0.6) is 17.2 Å². The van der Waals surface area contributed by atoms with Gasteiger partial charge >= 0.3 is 0 Å². The zero-order chi connectivity index (χ0) is 22.1. The molecule has 0 saturated carbocycles. The summed E-state index contributed by atoms with van der Waals surface area (Å²) in [4.78, 5) is 22.6. The number of fused-ring (bicyclic) bond motifs is 1. The summed E-state index contributed by atoms with van der Waals surface area (Å²) in [6, 6.07) is 3.73. The molecule has 9 nitrogen and oxygen atoms in total. The largest absolute Gasteiger partial charge is 0.493 e. The minimum absolute atomic E-state index is 0.0442. The van der Waals surface area contributed by atoms with Gasteiger partial charge in [0.25, 0.3) is 5.91 Å². The summed E-state index contributed by atoms with van der Waals surface area (Å²) in [6.07, 6.45) is 0. The molecule has 10 heteroatoms. The highest BCUT2D eigenvalue weighted by Crippen LogP contribution is 2.46. The summed E-state index contributed by atoms with van der Waals surface area (Å²) in [5.74, 6) is 2.26. The molecule has 1 aromatic heterocycles. The van der Waals surface area contributed by atoms with Gasteiger partial charge in [0, 0.05) is 26.2 Å². The maximum absolute atomic E-state index is 13.3. The van der Waals surface area contributed by atoms with Gasteiger partial charge in [0.05, 0.1) is 27.4 Å². The average Bonchev–Trinajstić information content (AvgIpc) is 3.30. The van der Waals surface area contributed by atoms with Crippen LogP contribution in [0.4, 0.5) is 0 Å². The molecule has 2 aliphatic heterocycles. The van der Waals surface area contributed by atoms with Crippen LogP contribution in [0.3, 0.4) is 0 Å². The molecular formula is C21H29N5O4S. The van der Waals surface area contributed by atoms with Crippen LogP contribution < -0.4 is 14.2 Å². The van der Waals surface area contributed by atoms with E-state index in [2.05, 4.69) is 26.8 Å². The molecule has 168 valence electrons. The van der Waals surface area contributed by atoms with Crippen LogP contribution in [0, 0.1) is 6.92 Å². The molecule has 0 aliphatic carbocycles. The van der Waals surface area contributed by atoms with Gasteiger partial charge in [0.15, 0.2) is 16.7 Å². The highest BCUT2D eigenvalue weighted by atomic mass is 32.2. The predicted molar refractivity (Wildman–Crippen MR) is 118 cm³/mol. The lowest BCUT2D eigenvalue weighted by molar-refractivity contribution is 0.0738. The summed E-state index contributed by atoms with van der Waals surface area (Å²) < 4.78 is 18.1. The third kappa shape index (κ3) is 3.99. The van der Waals surface area contributed by atoms with Crippen LogP contribution in [-0.4, -0.2) is 89.8 Å². The van der Waals surface area contributed by atoms with Crippen molar-refractivity contribution in [3.63, 3.8) is 0 Å². The number of aryl methyl sites for hydroxylation is 1. The van der Waals surface area contributed by atoms with Crippen molar-refractivity contribution in [3.05, 3.63) is 23.5 Å². The number of carbonyl (C=O) groups is 1. The van der Waals surface area contributed by atoms with Gasteiger partial charge < -0.3 is 19.1 Å². The van der Waals surface area contributed by atoms with E-state index in [0.29, 0.717) is 28.2 Å². The molecule has 31 heavy (non-hydrogen) atoms. The Morgan fingerprint density at radius 2 is 1.74 bits per heavy atom. The molecule has 0 radical (unpaired) electrons. The van der Waals surface area contributed by atoms with Gasteiger partial charge in [-0.15, -0.1) is 5.10 Å². The van der Waals surface area contributed by atoms with Gasteiger partial charge in [-0.25, -0.2) is 4.98 Å². The van der Waals surface area contributed by atoms with Gasteiger partial charge in [0.1, 0.15) is 11.1 Å². The molecule has 0 spiro atoms. The number of rotatable bonds is 7. The average molecular weight is 448 g/mol. The van der Waals surface area contributed by atoms with Crippen molar-refractivity contribution in [2.45, 2.75) is 30.3 Å². The summed E-state index contributed by atoms with van der Waals surface area (Å²) in [7, 11) is 4.80. The fourth-order valence-corrected chi connectivity index (χ4v) is 5.61. The molecule has 0 amide bonds. The van der Waals surface area contributed by atoms with Crippen LogP contribution >= 0.6 is 11.8 Å². The Hall–Kier alpha value is -2.30. The van der Waals surface area contributed by atoms with Crippen molar-refractivity contribution in [1.29, 1.82) is 0 Å². The van der Waals surface area contributed by atoms with E-state index < -0.39 is 0 Å². The van der Waals surface area contributed by atoms with Crippen LogP contribution in [-0.2, 0) is 0 Å². The number of hydrogen-bond donors (Lipinski definition) is 0. The third-order valence-electron chi connectivity index (χ3n) is 5.93. The molecular weight excluding hydrogens is 418 g/mol. The van der Waals surface area contributed by atoms with E-state index in [0.717, 1.165) is 38.3 Å². The fraction of sp³-hybridized carbons (Fsp3) is 0.571. The van der Waals surface area contributed by atoms with E-state index in [1.54, 1.807) is 28.3 Å². The van der Waals surface area contributed by atoms with Crippen molar-refractivity contribution < 1.29 is 19.0 Å². The summed E-state index contributed by atoms with van der Waals surface area (Å²) in [5, 5.41) is 4.60. The standard InChI is InChI=1S/C21H29N5O4S/c1-6-24-7-9-25(10-8-24)17(19-20(27)26-21(31-19)22-13(2)23-26)14-11-15(28-3)18(30-5)16(12-14)29-4/h11-12,17,19H,6-10H2,1-5H3. The lowest BCUT2D eigenvalue weighted by atomic mass is 9.98. The third-order valence-corrected chi connectivity index (χ3v) is 7.12. The molecule has 0 N–H and O–H groups in total. The van der Waals surface area contributed by atoms with Crippen molar-refractivity contribution in [3.8, 4) is 17.2 Å². The maximum atomic E-state index is 13.3. The van der Waals surface area contributed by atoms with E-state index in [9.17, 15) is 4.79 Å². The first kappa shape index (κ1) is 21.9. The molecule has 4 rings (SSSR count). The Bertz CT molecular complexity index is 932. The van der Waals surface area contributed by atoms with E-state index in [4.69, 9.17) is 14.2 Å². The van der Waals surface area contributed by atoms with E-state index in [-0.39, 0.29) is 17.2 Å². The minimum atomic E-state index is -0.355. The van der Waals surface area contributed by atoms with Gasteiger partial charge in [-0.1, -0.05) is 18.7 Å². The second-order valence-electron chi connectivity index (χ2n) is 7.60. The number of piperazine rings is 1. The minimum Gasteiger partial charge on any atom is -0.493 e. The topological polar surface area (TPSA) is 81.9 Å². The normalized spacial score (nSPS) is 20.5. The van der Waals surface area contributed by atoms with Crippen molar-refractivity contribution >= 4 is 17.7 Å². The van der Waals surface area contributed by atoms with Crippen molar-refractivity contribution in [2.75, 3.05) is 54.1 Å². The van der Waals surface area contributed by atoms with Gasteiger partial charge in [-0.2, -0.15) is 4.68 Å². The summed E-state index contributed by atoms with van der Waals surface area (Å²) >= 11 is 1.48. The van der Waals surface area contributed by atoms with E-state index >= 15 is 0 Å². The number of thioether (sulfide) groups is 1. The number of benzene rings is 1. The lowest BCUT2D eigenvalue weighted by Gasteiger charge is -2.40. The quantitative estimate of drug-likeness (QED) is 0.634. The second-order valence-corrected chi connectivity index (χ2v) is 8.71. The van der Waals surface area contributed by atoms with Crippen molar-refractivity contribution in [1.82, 2.24) is 24.6 Å². The van der Waals surface area contributed by atoms with Crippen LogP contribution in [0.2, 0.25) is 0 Å². The van der Waals surface area contributed by atoms with Gasteiger partial charge in [0.2, 0.25) is 5.75 Å². The first-order chi connectivity index (χ1) is 15.0. The number of nitrogens with zero attached hydrogens (tertiary/aromatic N) is 5. The van der Waals surface area contributed by atoms with Crippen molar-refractivity contribution in [2.24, 2.45) is 0 Å². The lowest BCUT2D eigenvalue weighted by Crippen LogP contribution is -2.50. The first-order valence-electron chi connectivity index (χ1n) is 10.4. The van der Waals surface area contributed by atoms with Crippen LogP contribution in [0.1, 0.15) is 29.1 Å². The Morgan fingerprint density at radius 1 is 1.10 bits per heavy atom. The number of likely N-dealkylation sites (N-methyl/N-ethyl adjacent to an activating group) is 1. The fourth-order valence-electron chi connectivity index (χ4n) is 4.31. The Morgan fingerprint density at radius 3 is 2.26 bits per heavy atom. The SMILES string of the molecule is CCN1CCN(C(c2cc(OC)c(OC)c(OC)c2)C2Sc3nc(C)nn3C2=O)CC1. The molecule has 0 bridgehead atoms. The molecule has 1 aromatic carbocycles. The molecule has 1 fully saturated rings. The summed E-state index contributed by atoms with van der Waals surface area (Å²) in [5.41, 5.74) is 0.952. The number of aromatic nitrogens is 3. The molecule has 2 unspecified atom stereocenters. The van der Waals surface area contributed by atoms with Gasteiger partial charge in [-0.3, -0.25) is 9.69 Å². The highest BCUT2D eigenvalue weighted by Gasteiger charge is 2.44. The number of carbonyl (C=O) groups excluding carboxylic acids is 1. The van der Waals surface area contributed by atoms with E-state index in [1.165, 1.54) is 16.4 Å². The molecule has 2 aliphatic rings. The Balaban J connectivity index is 1.75. The Kier molecular flexibility index (Phi) is 6.40. The molecule has 1 saturated heterocycles. The smallest absolute Gasteiger partial charge is 0.264 e. The number of hydrogen-bond acceptors (Lipinski definition) is 9. The first-order valence-corrected chi connectivity index (χ1v) is 11.3. The van der Waals surface area contributed by atoms with Crippen LogP contribution in [0.25, 0.3) is 0 Å². The number of ether oxygens (including phenoxy) is 3. The second kappa shape index (κ2) is 9.05. The predicted octanol–water partition coefficient (Wildman–Crippen LogP) is 2.11. The maximum Gasteiger partial charge on any atom is 0.264 e. The molecule has 2 atom stereocenters. The van der Waals surface area contributed by atoms with Crippen LogP contribution in [0.15, 0.2) is 17.3 Å². The Labute approximate surface area is 186 Å². The zero-order valence-corrected chi connectivity index (χ0v) is 19.4. The molecule has 3 heterocycles. The molecule has 2 aromatic rings. The number of methoxy groups -OCH3 is 3. The highest BCUT2D eigenvalue weighted by molar-refractivity contribution is 8.00. The monoisotopic (exact) mass is 447 g/mol. The summed E-state index contributed by atoms with van der Waals surface area (Å²) in [6.45, 7) is 8.67. The van der Waals surface area contributed by atoms with Gasteiger partial charge in [-0.05, 0) is 31.2 Å².